The molecule has 0 radical (unpaired) electrons. The highest BCUT2D eigenvalue weighted by Gasteiger charge is 2.41. The third-order valence-corrected chi connectivity index (χ3v) is 6.42. The number of pyridine rings is 1. The maximum Gasteiger partial charge on any atom is 0.316 e. The van der Waals surface area contributed by atoms with Gasteiger partial charge in [-0.15, -0.1) is 0 Å². The van der Waals surface area contributed by atoms with Gasteiger partial charge in [0.25, 0.3) is 5.91 Å². The van der Waals surface area contributed by atoms with Crippen molar-refractivity contribution in [1.29, 1.82) is 0 Å². The van der Waals surface area contributed by atoms with Crippen LogP contribution in [0.1, 0.15) is 28.0 Å². The lowest BCUT2D eigenvalue weighted by molar-refractivity contribution is -0.117. The van der Waals surface area contributed by atoms with Gasteiger partial charge in [-0.2, -0.15) is 0 Å². The van der Waals surface area contributed by atoms with Crippen LogP contribution in [0.25, 0.3) is 0 Å². The van der Waals surface area contributed by atoms with E-state index in [1.165, 1.54) is 12.0 Å². The Morgan fingerprint density at radius 2 is 2.03 bits per heavy atom. The van der Waals surface area contributed by atoms with Crippen LogP contribution in [0.5, 0.6) is 11.5 Å². The fraction of sp³-hybridized carbons (Fsp3) is 0.360. The number of β-amino-alcohol motifs (C(OH)–C–C–N with tert-alkyl or cyclic N) is 1. The maximum absolute atomic E-state index is 13.1. The number of hydrogen-bond donors (Lipinski definition) is 3. The molecule has 2 saturated heterocycles. The van der Waals surface area contributed by atoms with Crippen molar-refractivity contribution < 1.29 is 29.0 Å². The van der Waals surface area contributed by atoms with Crippen molar-refractivity contribution in [3.05, 3.63) is 47.2 Å². The van der Waals surface area contributed by atoms with E-state index in [0.29, 0.717) is 29.4 Å². The van der Waals surface area contributed by atoms with Crippen molar-refractivity contribution in [3.8, 4) is 23.3 Å². The van der Waals surface area contributed by atoms with E-state index in [1.807, 2.05) is 6.07 Å². The monoisotopic (exact) mass is 491 g/mol. The minimum Gasteiger partial charge on any atom is -0.497 e. The first kappa shape index (κ1) is 23.4. The lowest BCUT2D eigenvalue weighted by atomic mass is 10.0. The number of nitrogens with one attached hydrogen (secondary N) is 2. The summed E-state index contributed by atoms with van der Waals surface area (Å²) < 4.78 is 10.6. The number of methoxy groups -OCH3 is 2. The Balaban J connectivity index is 1.44. The summed E-state index contributed by atoms with van der Waals surface area (Å²) in [6, 6.07) is 8.25. The molecule has 3 aliphatic rings. The summed E-state index contributed by atoms with van der Waals surface area (Å²) in [4.78, 5) is 45.0. The topological polar surface area (TPSA) is 133 Å². The van der Waals surface area contributed by atoms with E-state index in [-0.39, 0.29) is 49.6 Å². The number of fused-ring (bicyclic) bond motifs is 1. The molecule has 2 aromatic rings. The number of rotatable bonds is 5. The van der Waals surface area contributed by atoms with E-state index >= 15 is 0 Å². The van der Waals surface area contributed by atoms with Crippen LogP contribution in [0, 0.1) is 11.8 Å². The van der Waals surface area contributed by atoms with E-state index in [1.54, 1.807) is 36.3 Å². The van der Waals surface area contributed by atoms with E-state index in [2.05, 4.69) is 27.5 Å². The van der Waals surface area contributed by atoms with Crippen molar-refractivity contribution in [2.75, 3.05) is 38.8 Å². The highest BCUT2D eigenvalue weighted by atomic mass is 16.5. The molecule has 4 amide bonds. The quantitative estimate of drug-likeness (QED) is 0.511. The predicted octanol–water partition coefficient (Wildman–Crippen LogP) is 0.255. The standard InChI is InChI=1S/C25H25N5O6/c1-35-17-4-3-15-11-29(23(33)18(15)10-17)14-25(13-26-24(34)28-25)8-7-19-20(36-2)5-6-21(27-19)30-12-16(31)9-22(30)32/h3-6,10,16,31H,9,11-14H2,1-2H3,(H2,26,28,34). The highest BCUT2D eigenvalue weighted by Crippen LogP contribution is 2.29. The lowest BCUT2D eigenvalue weighted by Gasteiger charge is -2.27. The van der Waals surface area contributed by atoms with Gasteiger partial charge in [0.05, 0.1) is 46.4 Å². The van der Waals surface area contributed by atoms with E-state index in [0.717, 1.165) is 5.56 Å². The number of urea groups is 1. The molecule has 1 aromatic carbocycles. The summed E-state index contributed by atoms with van der Waals surface area (Å²) in [5, 5.41) is 15.4. The molecular formula is C25H25N5O6. The number of anilines is 1. The van der Waals surface area contributed by atoms with Crippen molar-refractivity contribution in [3.63, 3.8) is 0 Å². The average molecular weight is 492 g/mol. The summed E-state index contributed by atoms with van der Waals surface area (Å²) in [5.74, 6) is 7.01. The summed E-state index contributed by atoms with van der Waals surface area (Å²) in [5.41, 5.74) is 0.629. The molecule has 2 unspecified atom stereocenters. The second-order valence-electron chi connectivity index (χ2n) is 8.91. The van der Waals surface area contributed by atoms with Crippen LogP contribution in [0.3, 0.4) is 0 Å². The number of aliphatic hydroxyl groups is 1. The Morgan fingerprint density at radius 3 is 2.69 bits per heavy atom. The SMILES string of the molecule is COc1ccc2c(c1)C(=O)N(CC1(C#Cc3nc(N4CC(O)CC4=O)ccc3OC)CNC(=O)N1)C2. The molecule has 11 nitrogen and oxygen atoms in total. The fourth-order valence-electron chi connectivity index (χ4n) is 4.60. The van der Waals surface area contributed by atoms with Crippen molar-refractivity contribution in [2.45, 2.75) is 24.6 Å². The van der Waals surface area contributed by atoms with Crippen molar-refractivity contribution in [1.82, 2.24) is 20.5 Å². The fourth-order valence-corrected chi connectivity index (χ4v) is 4.60. The first-order chi connectivity index (χ1) is 17.3. The van der Waals surface area contributed by atoms with Crippen molar-refractivity contribution >= 4 is 23.7 Å². The van der Waals surface area contributed by atoms with Crippen LogP contribution in [-0.4, -0.2) is 78.3 Å². The first-order valence-corrected chi connectivity index (χ1v) is 11.4. The number of carbonyl (C=O) groups excluding carboxylic acids is 3. The normalized spacial score (nSPS) is 22.6. The van der Waals surface area contributed by atoms with Crippen LogP contribution in [0.2, 0.25) is 0 Å². The Labute approximate surface area is 207 Å². The van der Waals surface area contributed by atoms with Gasteiger partial charge in [0, 0.05) is 12.1 Å². The summed E-state index contributed by atoms with van der Waals surface area (Å²) in [6.07, 6.45) is -0.714. The number of aliphatic hydroxyl groups excluding tert-OH is 1. The number of nitrogens with zero attached hydrogens (tertiary/aromatic N) is 3. The lowest BCUT2D eigenvalue weighted by Crippen LogP contribution is -2.51. The molecule has 11 heteroatoms. The molecule has 3 aliphatic heterocycles. The summed E-state index contributed by atoms with van der Waals surface area (Å²) >= 11 is 0. The number of hydrogen-bond acceptors (Lipinski definition) is 7. The molecule has 1 aromatic heterocycles. The van der Waals surface area contributed by atoms with Crippen LogP contribution in [0.15, 0.2) is 30.3 Å². The largest absolute Gasteiger partial charge is 0.497 e. The summed E-state index contributed by atoms with van der Waals surface area (Å²) in [6.45, 7) is 0.861. The van der Waals surface area contributed by atoms with Crippen molar-refractivity contribution in [2.24, 2.45) is 0 Å². The number of carbonyl (C=O) groups is 3. The second-order valence-corrected chi connectivity index (χ2v) is 8.91. The molecule has 2 fully saturated rings. The number of ether oxygens (including phenoxy) is 2. The molecule has 186 valence electrons. The molecule has 0 aliphatic carbocycles. The summed E-state index contributed by atoms with van der Waals surface area (Å²) in [7, 11) is 3.03. The average Bonchev–Trinajstić information content (AvgIpc) is 3.52. The highest BCUT2D eigenvalue weighted by molar-refractivity contribution is 5.99. The van der Waals surface area contributed by atoms with E-state index in [4.69, 9.17) is 9.47 Å². The van der Waals surface area contributed by atoms with Gasteiger partial charge in [0.1, 0.15) is 17.1 Å². The number of aromatic nitrogens is 1. The minimum atomic E-state index is -1.07. The maximum atomic E-state index is 13.1. The molecule has 36 heavy (non-hydrogen) atoms. The van der Waals surface area contributed by atoms with Gasteiger partial charge in [-0.3, -0.25) is 14.5 Å². The second kappa shape index (κ2) is 9.05. The molecule has 0 spiro atoms. The molecule has 0 saturated carbocycles. The Hall–Kier alpha value is -4.30. The molecular weight excluding hydrogens is 466 g/mol. The van der Waals surface area contributed by atoms with Gasteiger partial charge in [-0.1, -0.05) is 12.0 Å². The van der Waals surface area contributed by atoms with Gasteiger partial charge in [0.2, 0.25) is 5.91 Å². The molecule has 5 rings (SSSR count). The smallest absolute Gasteiger partial charge is 0.316 e. The van der Waals surface area contributed by atoms with Gasteiger partial charge in [-0.05, 0) is 35.7 Å². The van der Waals surface area contributed by atoms with Crippen LogP contribution >= 0.6 is 0 Å². The van der Waals surface area contributed by atoms with Gasteiger partial charge >= 0.3 is 6.03 Å². The Bertz CT molecular complexity index is 1320. The van der Waals surface area contributed by atoms with Gasteiger partial charge in [0.15, 0.2) is 11.4 Å². The number of benzene rings is 1. The predicted molar refractivity (Wildman–Crippen MR) is 128 cm³/mol. The van der Waals surface area contributed by atoms with Gasteiger partial charge in [-0.25, -0.2) is 9.78 Å². The third-order valence-electron chi connectivity index (χ3n) is 6.42. The third kappa shape index (κ3) is 4.27. The van der Waals surface area contributed by atoms with Crippen LogP contribution in [0.4, 0.5) is 10.6 Å². The number of amides is 4. The zero-order chi connectivity index (χ0) is 25.4. The first-order valence-electron chi connectivity index (χ1n) is 11.4. The van der Waals surface area contributed by atoms with Crippen LogP contribution in [-0.2, 0) is 11.3 Å². The minimum absolute atomic E-state index is 0.0354. The molecule has 3 N–H and O–H groups in total. The molecule has 2 atom stereocenters. The van der Waals surface area contributed by atoms with E-state index in [9.17, 15) is 19.5 Å². The molecule has 4 heterocycles. The molecule has 0 bridgehead atoms. The van der Waals surface area contributed by atoms with Gasteiger partial charge < -0.3 is 30.1 Å². The zero-order valence-electron chi connectivity index (χ0n) is 19.8. The van der Waals surface area contributed by atoms with E-state index < -0.39 is 11.6 Å². The van der Waals surface area contributed by atoms with Crippen LogP contribution < -0.4 is 25.0 Å². The zero-order valence-corrected chi connectivity index (χ0v) is 19.8. The Morgan fingerprint density at radius 1 is 1.19 bits per heavy atom. The Kier molecular flexibility index (Phi) is 5.89.